The van der Waals surface area contributed by atoms with E-state index < -0.39 is 5.91 Å². The van der Waals surface area contributed by atoms with Crippen LogP contribution in [0.15, 0.2) is 34.1 Å². The Morgan fingerprint density at radius 2 is 2.30 bits per heavy atom. The molecule has 0 spiro atoms. The van der Waals surface area contributed by atoms with E-state index >= 15 is 0 Å². The maximum Gasteiger partial charge on any atom is 0.249 e. The first kappa shape index (κ1) is 12.7. The average molecular weight is 287 g/mol. The Morgan fingerprint density at radius 3 is 3.05 bits per heavy atom. The number of carbonyl (C=O) groups excluding carboxylic acids is 1. The van der Waals surface area contributed by atoms with Crippen LogP contribution in [0.1, 0.15) is 21.1 Å². The molecule has 6 heteroatoms. The van der Waals surface area contributed by atoms with Crippen LogP contribution in [-0.2, 0) is 6.54 Å². The first-order chi connectivity index (χ1) is 9.61. The average Bonchev–Trinajstić information content (AvgIpc) is 3.00. The third kappa shape index (κ3) is 2.50. The van der Waals surface area contributed by atoms with Crippen molar-refractivity contribution in [3.63, 3.8) is 0 Å². The Labute approximate surface area is 119 Å². The van der Waals surface area contributed by atoms with Crippen LogP contribution < -0.4 is 11.1 Å². The van der Waals surface area contributed by atoms with Gasteiger partial charge < -0.3 is 15.5 Å². The zero-order chi connectivity index (χ0) is 14.1. The second-order valence-corrected chi connectivity index (χ2v) is 5.43. The van der Waals surface area contributed by atoms with Gasteiger partial charge in [0.1, 0.15) is 5.52 Å². The van der Waals surface area contributed by atoms with Crippen LogP contribution in [0.3, 0.4) is 0 Å². The van der Waals surface area contributed by atoms with E-state index in [-0.39, 0.29) is 0 Å². The lowest BCUT2D eigenvalue weighted by atomic mass is 10.2. The van der Waals surface area contributed by atoms with E-state index in [2.05, 4.69) is 10.3 Å². The van der Waals surface area contributed by atoms with E-state index in [1.165, 1.54) is 11.3 Å². The molecular formula is C14H13N3O2S. The number of primary amides is 1. The van der Waals surface area contributed by atoms with Gasteiger partial charge in [0.15, 0.2) is 11.5 Å². The molecule has 0 bridgehead atoms. The fraction of sp³-hybridized carbons (Fsp3) is 0.143. The predicted molar refractivity (Wildman–Crippen MR) is 78.9 cm³/mol. The standard InChI is InChI=1S/C14H13N3O2S/c1-8-17-12-5-10(2-3-13(12)19-8)16-6-11-4-9(7-20-11)14(15)18/h2-5,7,16H,6H2,1H3,(H2,15,18). The number of carbonyl (C=O) groups is 1. The number of rotatable bonds is 4. The fourth-order valence-corrected chi connectivity index (χ4v) is 2.76. The number of fused-ring (bicyclic) bond motifs is 1. The third-order valence-corrected chi connectivity index (χ3v) is 3.84. The Bertz CT molecular complexity index is 776. The summed E-state index contributed by atoms with van der Waals surface area (Å²) in [4.78, 5) is 16.4. The van der Waals surface area contributed by atoms with Crippen molar-refractivity contribution in [1.29, 1.82) is 0 Å². The van der Waals surface area contributed by atoms with Gasteiger partial charge in [-0.15, -0.1) is 11.3 Å². The minimum absolute atomic E-state index is 0.396. The Morgan fingerprint density at radius 1 is 1.45 bits per heavy atom. The quantitative estimate of drug-likeness (QED) is 0.773. The summed E-state index contributed by atoms with van der Waals surface area (Å²) in [5, 5.41) is 5.06. The summed E-state index contributed by atoms with van der Waals surface area (Å²) in [5.74, 6) is 0.258. The summed E-state index contributed by atoms with van der Waals surface area (Å²) in [6.07, 6.45) is 0. The molecule has 3 N–H and O–H groups in total. The van der Waals surface area contributed by atoms with Gasteiger partial charge in [-0.3, -0.25) is 4.79 Å². The second-order valence-electron chi connectivity index (χ2n) is 4.43. The highest BCUT2D eigenvalue weighted by Gasteiger charge is 2.06. The minimum Gasteiger partial charge on any atom is -0.441 e. The highest BCUT2D eigenvalue weighted by molar-refractivity contribution is 7.10. The number of thiophene rings is 1. The van der Waals surface area contributed by atoms with Crippen LogP contribution >= 0.6 is 11.3 Å². The van der Waals surface area contributed by atoms with Crippen LogP contribution in [0.4, 0.5) is 5.69 Å². The number of aryl methyl sites for hydroxylation is 1. The molecule has 0 aliphatic heterocycles. The molecule has 2 aromatic heterocycles. The second kappa shape index (κ2) is 4.97. The number of anilines is 1. The summed E-state index contributed by atoms with van der Waals surface area (Å²) in [7, 11) is 0. The molecule has 0 unspecified atom stereocenters. The summed E-state index contributed by atoms with van der Waals surface area (Å²) < 4.78 is 5.43. The zero-order valence-corrected chi connectivity index (χ0v) is 11.7. The predicted octanol–water partition coefficient (Wildman–Crippen LogP) is 2.91. The first-order valence-corrected chi connectivity index (χ1v) is 6.98. The summed E-state index contributed by atoms with van der Waals surface area (Å²) in [6.45, 7) is 2.46. The molecule has 0 saturated heterocycles. The lowest BCUT2D eigenvalue weighted by Crippen LogP contribution is -2.09. The molecule has 1 amide bonds. The van der Waals surface area contributed by atoms with E-state index in [0.717, 1.165) is 21.7 Å². The molecule has 2 heterocycles. The van der Waals surface area contributed by atoms with Crippen molar-refractivity contribution in [2.45, 2.75) is 13.5 Å². The van der Waals surface area contributed by atoms with Crippen molar-refractivity contribution in [3.05, 3.63) is 46.0 Å². The highest BCUT2D eigenvalue weighted by Crippen LogP contribution is 2.21. The van der Waals surface area contributed by atoms with Crippen LogP contribution in [0.2, 0.25) is 0 Å². The van der Waals surface area contributed by atoms with Crippen molar-refractivity contribution >= 4 is 34.0 Å². The number of hydrogen-bond donors (Lipinski definition) is 2. The van der Waals surface area contributed by atoms with Gasteiger partial charge in [-0.1, -0.05) is 0 Å². The first-order valence-electron chi connectivity index (χ1n) is 6.10. The molecule has 3 rings (SSSR count). The van der Waals surface area contributed by atoms with Crippen molar-refractivity contribution in [2.24, 2.45) is 5.73 Å². The van der Waals surface area contributed by atoms with Crippen LogP contribution in [0.5, 0.6) is 0 Å². The number of oxazole rings is 1. The number of amides is 1. The van der Waals surface area contributed by atoms with Gasteiger partial charge in [0.05, 0.1) is 5.56 Å². The number of hydrogen-bond acceptors (Lipinski definition) is 5. The number of nitrogens with one attached hydrogen (secondary N) is 1. The van der Waals surface area contributed by atoms with Crippen LogP contribution in [0, 0.1) is 6.92 Å². The van der Waals surface area contributed by atoms with E-state index in [9.17, 15) is 4.79 Å². The summed E-state index contributed by atoms with van der Waals surface area (Å²) in [6, 6.07) is 7.57. The molecule has 0 aliphatic rings. The summed E-state index contributed by atoms with van der Waals surface area (Å²) >= 11 is 1.51. The molecule has 102 valence electrons. The van der Waals surface area contributed by atoms with Gasteiger partial charge in [-0.05, 0) is 24.3 Å². The van der Waals surface area contributed by atoms with Crippen LogP contribution in [0.25, 0.3) is 11.1 Å². The minimum atomic E-state index is -0.396. The van der Waals surface area contributed by atoms with Gasteiger partial charge in [-0.2, -0.15) is 0 Å². The lowest BCUT2D eigenvalue weighted by Gasteiger charge is -2.03. The lowest BCUT2D eigenvalue weighted by molar-refractivity contribution is 0.100. The molecule has 20 heavy (non-hydrogen) atoms. The van der Waals surface area contributed by atoms with Gasteiger partial charge in [-0.25, -0.2) is 4.98 Å². The normalized spacial score (nSPS) is 10.8. The Kier molecular flexibility index (Phi) is 3.15. The van der Waals surface area contributed by atoms with E-state index in [1.54, 1.807) is 11.4 Å². The van der Waals surface area contributed by atoms with Crippen molar-refractivity contribution < 1.29 is 9.21 Å². The Hall–Kier alpha value is -2.34. The molecule has 0 fully saturated rings. The molecular weight excluding hydrogens is 274 g/mol. The zero-order valence-electron chi connectivity index (χ0n) is 10.8. The van der Waals surface area contributed by atoms with E-state index in [0.29, 0.717) is 18.0 Å². The Balaban J connectivity index is 1.73. The highest BCUT2D eigenvalue weighted by atomic mass is 32.1. The molecule has 3 aromatic rings. The number of nitrogens with two attached hydrogens (primary N) is 1. The van der Waals surface area contributed by atoms with Crippen molar-refractivity contribution in [2.75, 3.05) is 5.32 Å². The molecule has 0 atom stereocenters. The number of benzene rings is 1. The van der Waals surface area contributed by atoms with Gasteiger partial charge in [0.25, 0.3) is 0 Å². The maximum absolute atomic E-state index is 11.0. The van der Waals surface area contributed by atoms with Gasteiger partial charge >= 0.3 is 0 Å². The smallest absolute Gasteiger partial charge is 0.249 e. The third-order valence-electron chi connectivity index (χ3n) is 2.90. The van der Waals surface area contributed by atoms with Crippen molar-refractivity contribution in [3.8, 4) is 0 Å². The molecule has 1 aromatic carbocycles. The molecule has 0 aliphatic carbocycles. The number of nitrogens with zero attached hydrogens (tertiary/aromatic N) is 1. The van der Waals surface area contributed by atoms with E-state index in [4.69, 9.17) is 10.2 Å². The van der Waals surface area contributed by atoms with Gasteiger partial charge in [0, 0.05) is 29.4 Å². The SMILES string of the molecule is Cc1nc2cc(NCc3cc(C(N)=O)cs3)ccc2o1. The van der Waals surface area contributed by atoms with Crippen molar-refractivity contribution in [1.82, 2.24) is 4.98 Å². The maximum atomic E-state index is 11.0. The molecule has 0 radical (unpaired) electrons. The van der Waals surface area contributed by atoms with E-state index in [1.807, 2.05) is 25.1 Å². The fourth-order valence-electron chi connectivity index (χ4n) is 1.94. The largest absolute Gasteiger partial charge is 0.441 e. The molecule has 5 nitrogen and oxygen atoms in total. The van der Waals surface area contributed by atoms with Gasteiger partial charge in [0.2, 0.25) is 5.91 Å². The van der Waals surface area contributed by atoms with Crippen LogP contribution in [-0.4, -0.2) is 10.9 Å². The molecule has 0 saturated carbocycles. The topological polar surface area (TPSA) is 81.1 Å². The number of aromatic nitrogens is 1. The summed E-state index contributed by atoms with van der Waals surface area (Å²) in [5.41, 5.74) is 8.34. The monoisotopic (exact) mass is 287 g/mol.